The highest BCUT2D eigenvalue weighted by atomic mass is 14.5. The lowest BCUT2D eigenvalue weighted by Gasteiger charge is -2.02. The van der Waals surface area contributed by atoms with Crippen LogP contribution in [0.25, 0.3) is 0 Å². The van der Waals surface area contributed by atoms with E-state index in [4.69, 9.17) is 0 Å². The Morgan fingerprint density at radius 1 is 0.375 bits per heavy atom. The van der Waals surface area contributed by atoms with Gasteiger partial charge in [0.2, 0.25) is 0 Å². The summed E-state index contributed by atoms with van der Waals surface area (Å²) >= 11 is 0. The summed E-state index contributed by atoms with van der Waals surface area (Å²) in [4.78, 5) is 0. The van der Waals surface area contributed by atoms with Crippen molar-refractivity contribution >= 4 is 0 Å². The minimum atomic E-state index is 0.594. The fraction of sp³-hybridized carbons (Fsp3) is 0.250. The van der Waals surface area contributed by atoms with Crippen molar-refractivity contribution in [3.8, 4) is 0 Å². The molecule has 0 aromatic heterocycles. The van der Waals surface area contributed by atoms with Crippen molar-refractivity contribution in [2.24, 2.45) is 0 Å². The molecule has 0 aliphatic heterocycles. The van der Waals surface area contributed by atoms with E-state index in [1.165, 1.54) is 33.4 Å². The summed E-state index contributed by atoms with van der Waals surface area (Å²) in [7, 11) is 0. The second-order valence-electron chi connectivity index (χ2n) is 7.31. The largest absolute Gasteiger partial charge is 0.0590 e. The zero-order valence-corrected chi connectivity index (χ0v) is 14.7. The third-order valence-electron chi connectivity index (χ3n) is 5.41. The van der Waals surface area contributed by atoms with Crippen molar-refractivity contribution in [2.45, 2.75) is 38.5 Å². The molecule has 1 saturated carbocycles. The zero-order chi connectivity index (χ0) is 16.7. The summed E-state index contributed by atoms with van der Waals surface area (Å²) in [6.45, 7) is 6.47. The van der Waals surface area contributed by atoms with Crippen molar-refractivity contribution in [3.63, 3.8) is 0 Å². The lowest BCUT2D eigenvalue weighted by molar-refractivity contribution is 1.02. The van der Waals surface area contributed by atoms with Crippen LogP contribution in [-0.2, 0) is 0 Å². The second kappa shape index (κ2) is 5.94. The highest BCUT2D eigenvalue weighted by Crippen LogP contribution is 2.66. The summed E-state index contributed by atoms with van der Waals surface area (Å²) in [6.07, 6.45) is 0. The standard InChI is InChI=1S/C24H24/c1-16-4-10-19(11-5-16)22-23(20-12-6-17(2)7-13-20)24(22)21-14-8-18(3)9-15-21/h4-15,22-24H,1-3H3. The molecule has 0 spiro atoms. The Bertz CT molecular complexity index is 699. The molecule has 0 amide bonds. The van der Waals surface area contributed by atoms with Gasteiger partial charge in [-0.2, -0.15) is 0 Å². The SMILES string of the molecule is Cc1ccc(C2C(c3ccc(C)cc3)C2c2ccc(C)cc2)cc1. The molecule has 0 heteroatoms. The quantitative estimate of drug-likeness (QED) is 0.534. The van der Waals surface area contributed by atoms with Crippen molar-refractivity contribution in [3.05, 3.63) is 106 Å². The van der Waals surface area contributed by atoms with Crippen LogP contribution in [0.1, 0.15) is 51.1 Å². The van der Waals surface area contributed by atoms with E-state index >= 15 is 0 Å². The van der Waals surface area contributed by atoms with Gasteiger partial charge < -0.3 is 0 Å². The molecule has 0 saturated heterocycles. The summed E-state index contributed by atoms with van der Waals surface area (Å²) < 4.78 is 0. The third kappa shape index (κ3) is 2.78. The molecule has 3 aromatic carbocycles. The average Bonchev–Trinajstić information content (AvgIpc) is 3.32. The molecule has 1 aliphatic rings. The first-order chi connectivity index (χ1) is 11.6. The van der Waals surface area contributed by atoms with Gasteiger partial charge >= 0.3 is 0 Å². The van der Waals surface area contributed by atoms with Crippen molar-refractivity contribution in [1.29, 1.82) is 0 Å². The van der Waals surface area contributed by atoms with Crippen molar-refractivity contribution in [1.82, 2.24) is 0 Å². The number of rotatable bonds is 3. The molecule has 24 heavy (non-hydrogen) atoms. The normalized spacial score (nSPS) is 22.4. The molecular weight excluding hydrogens is 288 g/mol. The molecule has 0 atom stereocenters. The van der Waals surface area contributed by atoms with E-state index in [0.29, 0.717) is 17.8 Å². The molecule has 0 heterocycles. The van der Waals surface area contributed by atoms with Gasteiger partial charge in [-0.15, -0.1) is 0 Å². The summed E-state index contributed by atoms with van der Waals surface area (Å²) in [5, 5.41) is 0. The topological polar surface area (TPSA) is 0 Å². The average molecular weight is 312 g/mol. The number of benzene rings is 3. The molecule has 0 unspecified atom stereocenters. The van der Waals surface area contributed by atoms with Crippen LogP contribution >= 0.6 is 0 Å². The predicted molar refractivity (Wildman–Crippen MR) is 102 cm³/mol. The van der Waals surface area contributed by atoms with Crippen LogP contribution in [0, 0.1) is 20.8 Å². The van der Waals surface area contributed by atoms with Gasteiger partial charge in [0.15, 0.2) is 0 Å². The molecule has 4 rings (SSSR count). The first-order valence-electron chi connectivity index (χ1n) is 8.83. The van der Waals surface area contributed by atoms with E-state index in [2.05, 4.69) is 93.6 Å². The van der Waals surface area contributed by atoms with Crippen LogP contribution in [0.4, 0.5) is 0 Å². The third-order valence-corrected chi connectivity index (χ3v) is 5.41. The van der Waals surface area contributed by atoms with Gasteiger partial charge in [-0.3, -0.25) is 0 Å². The van der Waals surface area contributed by atoms with Gasteiger partial charge in [-0.05, 0) is 55.2 Å². The maximum Gasteiger partial charge on any atom is -0.00120 e. The Hall–Kier alpha value is -2.34. The van der Waals surface area contributed by atoms with E-state index in [0.717, 1.165) is 0 Å². The van der Waals surface area contributed by atoms with Gasteiger partial charge in [-0.1, -0.05) is 89.5 Å². The Morgan fingerprint density at radius 2 is 0.583 bits per heavy atom. The zero-order valence-electron chi connectivity index (χ0n) is 14.7. The molecule has 1 aliphatic carbocycles. The number of aryl methyl sites for hydroxylation is 3. The van der Waals surface area contributed by atoms with E-state index in [9.17, 15) is 0 Å². The Morgan fingerprint density at radius 3 is 0.792 bits per heavy atom. The fourth-order valence-corrected chi connectivity index (χ4v) is 3.92. The van der Waals surface area contributed by atoms with Crippen LogP contribution in [0.15, 0.2) is 72.8 Å². The van der Waals surface area contributed by atoms with Gasteiger partial charge in [0.05, 0.1) is 0 Å². The fourth-order valence-electron chi connectivity index (χ4n) is 3.92. The lowest BCUT2D eigenvalue weighted by atomic mass is 10.0. The molecule has 0 radical (unpaired) electrons. The molecule has 1 fully saturated rings. The van der Waals surface area contributed by atoms with E-state index < -0.39 is 0 Å². The monoisotopic (exact) mass is 312 g/mol. The molecular formula is C24H24. The van der Waals surface area contributed by atoms with E-state index in [1.54, 1.807) is 0 Å². The highest BCUT2D eigenvalue weighted by Gasteiger charge is 2.52. The summed E-state index contributed by atoms with van der Waals surface area (Å²) in [5.41, 5.74) is 8.40. The molecule has 0 nitrogen and oxygen atoms in total. The van der Waals surface area contributed by atoms with Gasteiger partial charge in [-0.25, -0.2) is 0 Å². The van der Waals surface area contributed by atoms with E-state index in [-0.39, 0.29) is 0 Å². The van der Waals surface area contributed by atoms with Gasteiger partial charge in [0.25, 0.3) is 0 Å². The molecule has 3 aromatic rings. The van der Waals surface area contributed by atoms with E-state index in [1.807, 2.05) is 0 Å². The molecule has 0 N–H and O–H groups in total. The minimum Gasteiger partial charge on any atom is -0.0590 e. The second-order valence-corrected chi connectivity index (χ2v) is 7.31. The highest BCUT2D eigenvalue weighted by molar-refractivity contribution is 5.48. The predicted octanol–water partition coefficient (Wildman–Crippen LogP) is 6.28. The smallest absolute Gasteiger partial charge is 0.00120 e. The number of hydrogen-bond acceptors (Lipinski definition) is 0. The maximum atomic E-state index is 2.31. The van der Waals surface area contributed by atoms with Crippen LogP contribution < -0.4 is 0 Å². The summed E-state index contributed by atoms with van der Waals surface area (Å²) in [6, 6.07) is 27.3. The summed E-state index contributed by atoms with van der Waals surface area (Å²) in [5.74, 6) is 1.78. The van der Waals surface area contributed by atoms with Gasteiger partial charge in [0.1, 0.15) is 0 Å². The Kier molecular flexibility index (Phi) is 3.76. The minimum absolute atomic E-state index is 0.594. The number of hydrogen-bond donors (Lipinski definition) is 0. The van der Waals surface area contributed by atoms with Crippen LogP contribution in [0.3, 0.4) is 0 Å². The molecule has 0 bridgehead atoms. The first kappa shape index (κ1) is 15.2. The van der Waals surface area contributed by atoms with Gasteiger partial charge in [0, 0.05) is 0 Å². The first-order valence-corrected chi connectivity index (χ1v) is 8.83. The Balaban J connectivity index is 1.72. The van der Waals surface area contributed by atoms with Crippen molar-refractivity contribution < 1.29 is 0 Å². The molecule has 120 valence electrons. The van der Waals surface area contributed by atoms with Crippen LogP contribution in [0.2, 0.25) is 0 Å². The van der Waals surface area contributed by atoms with Crippen LogP contribution in [0.5, 0.6) is 0 Å². The maximum absolute atomic E-state index is 2.31. The lowest BCUT2D eigenvalue weighted by Crippen LogP contribution is -1.85. The van der Waals surface area contributed by atoms with Crippen molar-refractivity contribution in [2.75, 3.05) is 0 Å². The Labute approximate surface area is 145 Å². The van der Waals surface area contributed by atoms with Crippen LogP contribution in [-0.4, -0.2) is 0 Å².